The summed E-state index contributed by atoms with van der Waals surface area (Å²) in [6.45, 7) is 4.17. The number of aliphatic hydroxyl groups is 1. The molecule has 0 radical (unpaired) electrons. The molecular weight excluding hydrogens is 428 g/mol. The molecule has 2 amide bonds. The zero-order valence-corrected chi connectivity index (χ0v) is 19.6. The van der Waals surface area contributed by atoms with Crippen molar-refractivity contribution < 1.29 is 24.2 Å². The number of amides is 2. The van der Waals surface area contributed by atoms with E-state index in [2.05, 4.69) is 6.92 Å². The number of carbonyl (C=O) groups excluding carboxylic acids is 3. The molecule has 0 aliphatic carbocycles. The highest BCUT2D eigenvalue weighted by Gasteiger charge is 2.70. The maximum Gasteiger partial charge on any atom is 0.311 e. The molecule has 4 aliphatic heterocycles. The van der Waals surface area contributed by atoms with E-state index in [0.29, 0.717) is 26.1 Å². The highest BCUT2D eigenvalue weighted by Crippen LogP contribution is 2.60. The van der Waals surface area contributed by atoms with Gasteiger partial charge < -0.3 is 19.6 Å². The van der Waals surface area contributed by atoms with Gasteiger partial charge in [0.2, 0.25) is 11.8 Å². The topological polar surface area (TPSA) is 87.2 Å². The molecule has 4 rings (SSSR count). The summed E-state index contributed by atoms with van der Waals surface area (Å²) in [4.78, 5) is 44.1. The molecule has 5 atom stereocenters. The second-order valence-corrected chi connectivity index (χ2v) is 10.6. The third kappa shape index (κ3) is 4.00. The van der Waals surface area contributed by atoms with Crippen LogP contribution in [0, 0.1) is 11.8 Å². The Hall–Kier alpha value is -1.80. The van der Waals surface area contributed by atoms with Crippen LogP contribution in [0.25, 0.3) is 0 Å². The Labute approximate surface area is 194 Å². The van der Waals surface area contributed by atoms with Crippen LogP contribution in [-0.2, 0) is 19.1 Å². The van der Waals surface area contributed by atoms with Gasteiger partial charge in [-0.3, -0.25) is 14.4 Å². The van der Waals surface area contributed by atoms with E-state index in [9.17, 15) is 14.4 Å². The zero-order chi connectivity index (χ0) is 22.7. The third-order valence-corrected chi connectivity index (χ3v) is 8.83. The first-order valence-corrected chi connectivity index (χ1v) is 12.8. The van der Waals surface area contributed by atoms with E-state index in [-0.39, 0.29) is 36.2 Å². The molecule has 2 saturated heterocycles. The van der Waals surface area contributed by atoms with E-state index in [1.54, 1.807) is 16.7 Å². The van der Waals surface area contributed by atoms with Crippen LogP contribution in [0.2, 0.25) is 0 Å². The van der Waals surface area contributed by atoms with Crippen molar-refractivity contribution >= 4 is 29.5 Å². The standard InChI is InChI=1S/C24H34N2O5S/c1-2-3-5-12-25-13-9-11-24-19(18-17(32-24)10-8-16-31-23(18)30)21(28)26(20(24)22(25)29)14-6-4-7-15-27/h8-11,17-20,27H,2-7,12-16H2,1H3/t17-,18+,19+,20?,24+/m1/s1. The Kier molecular flexibility index (Phi) is 7.30. The van der Waals surface area contributed by atoms with E-state index in [1.807, 2.05) is 29.2 Å². The summed E-state index contributed by atoms with van der Waals surface area (Å²) < 4.78 is 4.64. The fourth-order valence-corrected chi connectivity index (χ4v) is 7.58. The Morgan fingerprint density at radius 3 is 2.69 bits per heavy atom. The molecule has 32 heavy (non-hydrogen) atoms. The van der Waals surface area contributed by atoms with Crippen molar-refractivity contribution in [2.75, 3.05) is 32.8 Å². The second-order valence-electron chi connectivity index (χ2n) is 9.11. The van der Waals surface area contributed by atoms with Crippen LogP contribution in [0.1, 0.15) is 45.4 Å². The summed E-state index contributed by atoms with van der Waals surface area (Å²) in [5, 5.41) is 8.95. The largest absolute Gasteiger partial charge is 0.461 e. The van der Waals surface area contributed by atoms with Gasteiger partial charge in [-0.1, -0.05) is 44.1 Å². The van der Waals surface area contributed by atoms with Gasteiger partial charge in [0.15, 0.2) is 0 Å². The fourth-order valence-electron chi connectivity index (χ4n) is 5.58. The molecule has 1 spiro atoms. The normalized spacial score (nSPS) is 33.6. The first-order valence-electron chi connectivity index (χ1n) is 11.9. The lowest BCUT2D eigenvalue weighted by Gasteiger charge is -2.35. The van der Waals surface area contributed by atoms with Crippen LogP contribution in [0.4, 0.5) is 0 Å². The van der Waals surface area contributed by atoms with Gasteiger partial charge in [-0.15, -0.1) is 11.8 Å². The molecule has 1 N–H and O–H groups in total. The number of carbonyl (C=O) groups is 3. The maximum absolute atomic E-state index is 13.9. The number of likely N-dealkylation sites (tertiary alicyclic amines) is 1. The van der Waals surface area contributed by atoms with E-state index in [4.69, 9.17) is 9.84 Å². The molecule has 4 aliphatic rings. The summed E-state index contributed by atoms with van der Waals surface area (Å²) in [6, 6.07) is -0.604. The first-order chi connectivity index (χ1) is 15.5. The number of hydrogen-bond acceptors (Lipinski definition) is 6. The number of cyclic esters (lactones) is 1. The SMILES string of the molecule is CCCCCN1CC=C[C@]23S[C@@H]4C=CCOC(=O)[C@@H]4[C@H]2C(=O)N(CCCCCO)C3C1=O. The number of esters is 1. The predicted molar refractivity (Wildman–Crippen MR) is 123 cm³/mol. The Balaban J connectivity index is 1.68. The molecule has 0 saturated carbocycles. The lowest BCUT2D eigenvalue weighted by Crippen LogP contribution is -2.53. The number of ether oxygens (including phenoxy) is 1. The van der Waals surface area contributed by atoms with Crippen LogP contribution < -0.4 is 0 Å². The Morgan fingerprint density at radius 1 is 1.09 bits per heavy atom. The number of rotatable bonds is 9. The molecule has 0 aromatic heterocycles. The smallest absolute Gasteiger partial charge is 0.311 e. The van der Waals surface area contributed by atoms with Gasteiger partial charge in [-0.2, -0.15) is 0 Å². The summed E-state index contributed by atoms with van der Waals surface area (Å²) in [5.74, 6) is -1.62. The van der Waals surface area contributed by atoms with Gasteiger partial charge in [0.1, 0.15) is 12.6 Å². The van der Waals surface area contributed by atoms with Crippen molar-refractivity contribution in [2.45, 2.75) is 61.5 Å². The van der Waals surface area contributed by atoms with Crippen LogP contribution in [0.15, 0.2) is 24.3 Å². The van der Waals surface area contributed by atoms with Crippen molar-refractivity contribution in [3.8, 4) is 0 Å². The Bertz CT molecular complexity index is 799. The maximum atomic E-state index is 13.9. The minimum Gasteiger partial charge on any atom is -0.461 e. The van der Waals surface area contributed by atoms with Gasteiger partial charge in [0.05, 0.1) is 16.6 Å². The molecule has 0 aromatic rings. The van der Waals surface area contributed by atoms with Crippen LogP contribution in [0.3, 0.4) is 0 Å². The first kappa shape index (κ1) is 23.4. The number of fused-ring (bicyclic) bond motifs is 2. The van der Waals surface area contributed by atoms with Crippen molar-refractivity contribution in [1.82, 2.24) is 9.80 Å². The van der Waals surface area contributed by atoms with E-state index < -0.39 is 22.6 Å². The number of thioether (sulfide) groups is 1. The number of hydrogen-bond donors (Lipinski definition) is 1. The molecule has 0 aromatic carbocycles. The average Bonchev–Trinajstić information content (AvgIpc) is 3.07. The number of nitrogens with zero attached hydrogens (tertiary/aromatic N) is 2. The molecule has 1 unspecified atom stereocenters. The number of aliphatic hydroxyl groups excluding tert-OH is 1. The summed E-state index contributed by atoms with van der Waals surface area (Å²) in [6.07, 6.45) is 13.2. The van der Waals surface area contributed by atoms with E-state index in [1.165, 1.54) is 0 Å². The minimum atomic E-state index is -0.749. The summed E-state index contributed by atoms with van der Waals surface area (Å²) in [5.41, 5.74) is 0. The predicted octanol–water partition coefficient (Wildman–Crippen LogP) is 2.15. The number of unbranched alkanes of at least 4 members (excludes halogenated alkanes) is 4. The molecule has 0 bridgehead atoms. The second kappa shape index (κ2) is 10.00. The van der Waals surface area contributed by atoms with Gasteiger partial charge in [0, 0.05) is 31.5 Å². The van der Waals surface area contributed by atoms with Crippen molar-refractivity contribution in [1.29, 1.82) is 0 Å². The van der Waals surface area contributed by atoms with Crippen LogP contribution in [-0.4, -0.2) is 81.6 Å². The molecular formula is C24H34N2O5S. The highest BCUT2D eigenvalue weighted by molar-refractivity contribution is 8.02. The monoisotopic (exact) mass is 462 g/mol. The van der Waals surface area contributed by atoms with Gasteiger partial charge >= 0.3 is 5.97 Å². The molecule has 2 fully saturated rings. The molecule has 176 valence electrons. The van der Waals surface area contributed by atoms with Crippen LogP contribution >= 0.6 is 11.8 Å². The Morgan fingerprint density at radius 2 is 1.91 bits per heavy atom. The third-order valence-electron chi connectivity index (χ3n) is 7.09. The highest BCUT2D eigenvalue weighted by atomic mass is 32.2. The molecule has 4 heterocycles. The quantitative estimate of drug-likeness (QED) is 0.321. The van der Waals surface area contributed by atoms with Crippen molar-refractivity contribution in [2.24, 2.45) is 11.8 Å². The molecule has 8 heteroatoms. The summed E-state index contributed by atoms with van der Waals surface area (Å²) in [7, 11) is 0. The van der Waals surface area contributed by atoms with E-state index >= 15 is 0 Å². The van der Waals surface area contributed by atoms with Gasteiger partial charge in [-0.25, -0.2) is 0 Å². The van der Waals surface area contributed by atoms with Gasteiger partial charge in [-0.05, 0) is 25.7 Å². The lowest BCUT2D eigenvalue weighted by atomic mass is 9.78. The van der Waals surface area contributed by atoms with Crippen LogP contribution in [0.5, 0.6) is 0 Å². The summed E-state index contributed by atoms with van der Waals surface area (Å²) >= 11 is 1.59. The fraction of sp³-hybridized carbons (Fsp3) is 0.708. The average molecular weight is 463 g/mol. The minimum absolute atomic E-state index is 0.00887. The molecule has 7 nitrogen and oxygen atoms in total. The zero-order valence-electron chi connectivity index (χ0n) is 18.8. The van der Waals surface area contributed by atoms with Crippen molar-refractivity contribution in [3.63, 3.8) is 0 Å². The van der Waals surface area contributed by atoms with Crippen molar-refractivity contribution in [3.05, 3.63) is 24.3 Å². The van der Waals surface area contributed by atoms with E-state index in [0.717, 1.165) is 32.1 Å². The van der Waals surface area contributed by atoms with Gasteiger partial charge in [0.25, 0.3) is 0 Å². The lowest BCUT2D eigenvalue weighted by molar-refractivity contribution is -0.151.